The Hall–Kier alpha value is -1.40. The summed E-state index contributed by atoms with van der Waals surface area (Å²) in [5, 5.41) is 0. The lowest BCUT2D eigenvalue weighted by Gasteiger charge is -2.33. The van der Waals surface area contributed by atoms with Crippen molar-refractivity contribution in [3.05, 3.63) is 29.8 Å². The Morgan fingerprint density at radius 2 is 1.96 bits per heavy atom. The number of carbonyl (C=O) groups is 1. The summed E-state index contributed by atoms with van der Waals surface area (Å²) in [6.07, 6.45) is 1.85. The monoisotopic (exact) mass is 348 g/mol. The highest BCUT2D eigenvalue weighted by atomic mass is 35.5. The molecule has 2 N–H and O–H groups in total. The number of hydrogen-bond acceptors (Lipinski definition) is 3. The summed E-state index contributed by atoms with van der Waals surface area (Å²) in [5.74, 6) is 0.447. The lowest BCUT2D eigenvalue weighted by atomic mass is 9.91. The predicted octanol–water partition coefficient (Wildman–Crippen LogP) is 2.84. The highest BCUT2D eigenvalue weighted by molar-refractivity contribution is 5.85. The Morgan fingerprint density at radius 3 is 2.52 bits per heavy atom. The van der Waals surface area contributed by atoms with Gasteiger partial charge < -0.3 is 15.4 Å². The van der Waals surface area contributed by atoms with Gasteiger partial charge in [-0.05, 0) is 31.7 Å². The molecule has 0 aliphatic carbocycles. The molecule has 0 radical (unpaired) electrons. The minimum absolute atomic E-state index is 0. The zero-order valence-corrected chi connectivity index (χ0v) is 13.9. The zero-order chi connectivity index (χ0) is 16.1. The molecule has 23 heavy (non-hydrogen) atoms. The van der Waals surface area contributed by atoms with Gasteiger partial charge in [0.15, 0.2) is 0 Å². The van der Waals surface area contributed by atoms with E-state index in [0.29, 0.717) is 24.6 Å². The van der Waals surface area contributed by atoms with E-state index in [1.807, 2.05) is 6.92 Å². The fraction of sp³-hybridized carbons (Fsp3) is 0.562. The molecule has 0 saturated carbocycles. The van der Waals surface area contributed by atoms with E-state index in [1.165, 1.54) is 6.07 Å². The third-order valence-electron chi connectivity index (χ3n) is 4.17. The van der Waals surface area contributed by atoms with Crippen LogP contribution in [0.5, 0.6) is 5.75 Å². The van der Waals surface area contributed by atoms with Crippen molar-refractivity contribution in [3.63, 3.8) is 0 Å². The Labute approximate surface area is 141 Å². The molecule has 1 amide bonds. The van der Waals surface area contributed by atoms with Crippen LogP contribution < -0.4 is 10.5 Å². The van der Waals surface area contributed by atoms with E-state index in [2.05, 4.69) is 4.74 Å². The molecule has 1 fully saturated rings. The minimum Gasteiger partial charge on any atom is -0.435 e. The molecule has 1 aromatic carbocycles. The van der Waals surface area contributed by atoms with Gasteiger partial charge in [-0.2, -0.15) is 8.78 Å². The first-order valence-electron chi connectivity index (χ1n) is 7.53. The Bertz CT molecular complexity index is 507. The maximum Gasteiger partial charge on any atom is 0.387 e. The first-order chi connectivity index (χ1) is 10.5. The highest BCUT2D eigenvalue weighted by Gasteiger charge is 2.25. The summed E-state index contributed by atoms with van der Waals surface area (Å²) in [6.45, 7) is 0.435. The maximum atomic E-state index is 12.4. The molecule has 2 rings (SSSR count). The van der Waals surface area contributed by atoms with E-state index >= 15 is 0 Å². The van der Waals surface area contributed by atoms with Crippen LogP contribution in [0.2, 0.25) is 0 Å². The average Bonchev–Trinajstić information content (AvgIpc) is 2.48. The normalized spacial score (nSPS) is 16.8. The number of rotatable bonds is 5. The van der Waals surface area contributed by atoms with Crippen molar-refractivity contribution in [2.24, 2.45) is 11.7 Å². The lowest BCUT2D eigenvalue weighted by Crippen LogP contribution is -2.43. The molecule has 4 nitrogen and oxygen atoms in total. The Morgan fingerprint density at radius 1 is 1.35 bits per heavy atom. The highest BCUT2D eigenvalue weighted by Crippen LogP contribution is 2.23. The number of piperidine rings is 1. The van der Waals surface area contributed by atoms with Gasteiger partial charge in [-0.1, -0.05) is 18.2 Å². The van der Waals surface area contributed by atoms with E-state index < -0.39 is 6.61 Å². The SMILES string of the molecule is CC(N)C1CCN(C(=O)Cc2ccccc2OC(F)F)CC1.Cl. The maximum absolute atomic E-state index is 12.4. The van der Waals surface area contributed by atoms with Crippen molar-refractivity contribution in [2.75, 3.05) is 13.1 Å². The van der Waals surface area contributed by atoms with E-state index in [4.69, 9.17) is 5.73 Å². The van der Waals surface area contributed by atoms with Crippen LogP contribution in [-0.4, -0.2) is 36.5 Å². The van der Waals surface area contributed by atoms with Gasteiger partial charge in [0.25, 0.3) is 0 Å². The predicted molar refractivity (Wildman–Crippen MR) is 87.0 cm³/mol. The second-order valence-electron chi connectivity index (χ2n) is 5.74. The van der Waals surface area contributed by atoms with Gasteiger partial charge in [0.05, 0.1) is 6.42 Å². The molecule has 1 heterocycles. The van der Waals surface area contributed by atoms with Crippen molar-refractivity contribution in [2.45, 2.75) is 38.8 Å². The summed E-state index contributed by atoms with van der Waals surface area (Å²) >= 11 is 0. The topological polar surface area (TPSA) is 55.6 Å². The summed E-state index contributed by atoms with van der Waals surface area (Å²) in [6, 6.07) is 6.56. The second-order valence-corrected chi connectivity index (χ2v) is 5.74. The largest absolute Gasteiger partial charge is 0.435 e. The quantitative estimate of drug-likeness (QED) is 0.890. The zero-order valence-electron chi connectivity index (χ0n) is 13.1. The fourth-order valence-electron chi connectivity index (χ4n) is 2.81. The van der Waals surface area contributed by atoms with Gasteiger partial charge in [-0.15, -0.1) is 12.4 Å². The molecule has 1 atom stereocenters. The van der Waals surface area contributed by atoms with Gasteiger partial charge in [0, 0.05) is 24.7 Å². The molecule has 1 saturated heterocycles. The molecular formula is C16H23ClF2N2O2. The Balaban J connectivity index is 0.00000264. The molecular weight excluding hydrogens is 326 g/mol. The van der Waals surface area contributed by atoms with Crippen LogP contribution >= 0.6 is 12.4 Å². The van der Waals surface area contributed by atoms with Crippen molar-refractivity contribution in [1.29, 1.82) is 0 Å². The van der Waals surface area contributed by atoms with Crippen molar-refractivity contribution < 1.29 is 18.3 Å². The molecule has 0 bridgehead atoms. The van der Waals surface area contributed by atoms with E-state index in [9.17, 15) is 13.6 Å². The first-order valence-corrected chi connectivity index (χ1v) is 7.53. The van der Waals surface area contributed by atoms with Crippen LogP contribution in [-0.2, 0) is 11.2 Å². The molecule has 0 spiro atoms. The standard InChI is InChI=1S/C16H22F2N2O2.ClH/c1-11(19)12-6-8-20(9-7-12)15(21)10-13-4-2-3-5-14(13)22-16(17)18;/h2-5,11-12,16H,6-10,19H2,1H3;1H. The summed E-state index contributed by atoms with van der Waals surface area (Å²) in [7, 11) is 0. The fourth-order valence-corrected chi connectivity index (χ4v) is 2.81. The van der Waals surface area contributed by atoms with Gasteiger partial charge in [0.1, 0.15) is 5.75 Å². The van der Waals surface area contributed by atoms with Gasteiger partial charge in [-0.25, -0.2) is 0 Å². The Kier molecular flexibility index (Phi) is 7.72. The molecule has 7 heteroatoms. The van der Waals surface area contributed by atoms with Crippen molar-refractivity contribution in [1.82, 2.24) is 4.90 Å². The number of nitrogens with two attached hydrogens (primary N) is 1. The van der Waals surface area contributed by atoms with Gasteiger partial charge in [-0.3, -0.25) is 4.79 Å². The van der Waals surface area contributed by atoms with Crippen LogP contribution in [0, 0.1) is 5.92 Å². The summed E-state index contributed by atoms with van der Waals surface area (Å²) < 4.78 is 29.2. The van der Waals surface area contributed by atoms with Crippen LogP contribution in [0.1, 0.15) is 25.3 Å². The van der Waals surface area contributed by atoms with Crippen LogP contribution in [0.15, 0.2) is 24.3 Å². The number of ether oxygens (including phenoxy) is 1. The molecule has 1 unspecified atom stereocenters. The molecule has 130 valence electrons. The van der Waals surface area contributed by atoms with Crippen LogP contribution in [0.3, 0.4) is 0 Å². The number of amides is 1. The minimum atomic E-state index is -2.89. The number of halogens is 3. The third kappa shape index (κ3) is 5.62. The van der Waals surface area contributed by atoms with E-state index in [1.54, 1.807) is 23.1 Å². The average molecular weight is 349 g/mol. The van der Waals surface area contributed by atoms with Gasteiger partial charge >= 0.3 is 6.61 Å². The smallest absolute Gasteiger partial charge is 0.387 e. The number of benzene rings is 1. The van der Waals surface area contributed by atoms with Crippen LogP contribution in [0.4, 0.5) is 8.78 Å². The third-order valence-corrected chi connectivity index (χ3v) is 4.17. The second kappa shape index (κ2) is 9.03. The molecule has 1 aromatic rings. The number of likely N-dealkylation sites (tertiary alicyclic amines) is 1. The first kappa shape index (κ1) is 19.6. The number of nitrogens with zero attached hydrogens (tertiary/aromatic N) is 1. The number of carbonyl (C=O) groups excluding carboxylic acids is 1. The molecule has 0 aromatic heterocycles. The van der Waals surface area contributed by atoms with E-state index in [-0.39, 0.29) is 36.5 Å². The lowest BCUT2D eigenvalue weighted by molar-refractivity contribution is -0.132. The van der Waals surface area contributed by atoms with E-state index in [0.717, 1.165) is 12.8 Å². The number of hydrogen-bond donors (Lipinski definition) is 1. The molecule has 1 aliphatic heterocycles. The van der Waals surface area contributed by atoms with Crippen molar-refractivity contribution >= 4 is 18.3 Å². The van der Waals surface area contributed by atoms with Crippen LogP contribution in [0.25, 0.3) is 0 Å². The summed E-state index contributed by atoms with van der Waals surface area (Å²) in [4.78, 5) is 14.1. The number of alkyl halides is 2. The van der Waals surface area contributed by atoms with Gasteiger partial charge in [0.2, 0.25) is 5.91 Å². The van der Waals surface area contributed by atoms with Crippen molar-refractivity contribution in [3.8, 4) is 5.75 Å². The summed E-state index contributed by atoms with van der Waals surface area (Å²) in [5.41, 5.74) is 6.38. The molecule has 1 aliphatic rings. The number of para-hydroxylation sites is 1.